The predicted octanol–water partition coefficient (Wildman–Crippen LogP) is 2.94. The topological polar surface area (TPSA) is 92.5 Å². The maximum Gasteiger partial charge on any atom is 0.272 e. The number of rotatable bonds is 1. The molecule has 0 radical (unpaired) electrons. The molecule has 2 aromatic heterocycles. The van der Waals surface area contributed by atoms with Crippen LogP contribution in [0.5, 0.6) is 0 Å². The van der Waals surface area contributed by atoms with E-state index in [2.05, 4.69) is 10.4 Å². The lowest BCUT2D eigenvalue weighted by Gasteiger charge is -2.32. The molecule has 2 aliphatic rings. The summed E-state index contributed by atoms with van der Waals surface area (Å²) in [5.74, 6) is -0.261. The summed E-state index contributed by atoms with van der Waals surface area (Å²) in [5, 5.41) is 9.00. The molecular weight excluding hydrogens is 492 g/mol. The second-order valence-corrected chi connectivity index (χ2v) is 10.5. The van der Waals surface area contributed by atoms with Crippen molar-refractivity contribution < 1.29 is 14.4 Å². The highest BCUT2D eigenvalue weighted by Gasteiger charge is 2.32. The second-order valence-electron chi connectivity index (χ2n) is 10.1. The number of hydrogen-bond acceptors (Lipinski definition) is 4. The Bertz CT molecular complexity index is 1380. The van der Waals surface area contributed by atoms with Gasteiger partial charge in [-0.3, -0.25) is 19.1 Å². The van der Waals surface area contributed by atoms with Crippen LogP contribution < -0.4 is 5.32 Å². The Morgan fingerprint density at radius 1 is 1.11 bits per heavy atom. The van der Waals surface area contributed by atoms with Gasteiger partial charge >= 0.3 is 0 Å². The number of amides is 3. The molecule has 10 heteroatoms. The molecule has 196 valence electrons. The number of halogens is 1. The van der Waals surface area contributed by atoms with Crippen LogP contribution in [-0.2, 0) is 31.7 Å². The van der Waals surface area contributed by atoms with Crippen LogP contribution in [0, 0.1) is 0 Å². The molecule has 1 unspecified atom stereocenters. The number of nitrogens with one attached hydrogen (secondary N) is 1. The zero-order valence-corrected chi connectivity index (χ0v) is 22.3. The second kappa shape index (κ2) is 10.2. The summed E-state index contributed by atoms with van der Waals surface area (Å²) >= 11 is 6.40. The standard InChI is InChI=1S/C27H33ClN6O3/c1-31-18-10-11-21-19(16-18)24(30-33(21)3)26(36)29-12-6-14-34(13-5-9-23(31)35)27(37)22-15-17-7-4-8-20(28)25(17)32(22)2/h4,7-8,15,18H,5-6,9-14,16H2,1-3H3,(H,29,36). The third-order valence-corrected chi connectivity index (χ3v) is 8.11. The molecule has 9 nitrogen and oxygen atoms in total. The van der Waals surface area contributed by atoms with E-state index >= 15 is 0 Å². The largest absolute Gasteiger partial charge is 0.351 e. The number of para-hydroxylation sites is 1. The lowest BCUT2D eigenvalue weighted by atomic mass is 9.90. The number of carbonyl (C=O) groups is 3. The summed E-state index contributed by atoms with van der Waals surface area (Å²) in [4.78, 5) is 43.4. The third-order valence-electron chi connectivity index (χ3n) is 7.81. The van der Waals surface area contributed by atoms with Gasteiger partial charge in [-0.15, -0.1) is 0 Å². The summed E-state index contributed by atoms with van der Waals surface area (Å²) < 4.78 is 3.62. The van der Waals surface area contributed by atoms with Crippen LogP contribution in [0.25, 0.3) is 10.9 Å². The first kappa shape index (κ1) is 25.3. The number of aryl methyl sites for hydroxylation is 2. The fraction of sp³-hybridized carbons (Fsp3) is 0.481. The van der Waals surface area contributed by atoms with Crippen LogP contribution in [0.1, 0.15) is 57.9 Å². The van der Waals surface area contributed by atoms with E-state index in [1.807, 2.05) is 54.9 Å². The highest BCUT2D eigenvalue weighted by molar-refractivity contribution is 6.35. The number of benzene rings is 1. The van der Waals surface area contributed by atoms with Gasteiger partial charge in [0.25, 0.3) is 11.8 Å². The zero-order valence-electron chi connectivity index (χ0n) is 21.6. The molecule has 2 bridgehead atoms. The first-order chi connectivity index (χ1) is 17.8. The van der Waals surface area contributed by atoms with Crippen molar-refractivity contribution in [2.24, 2.45) is 14.1 Å². The van der Waals surface area contributed by atoms with Crippen LogP contribution >= 0.6 is 11.6 Å². The minimum Gasteiger partial charge on any atom is -0.351 e. The van der Waals surface area contributed by atoms with E-state index in [-0.39, 0.29) is 23.8 Å². The van der Waals surface area contributed by atoms with E-state index < -0.39 is 0 Å². The Balaban J connectivity index is 1.39. The number of nitrogens with zero attached hydrogens (tertiary/aromatic N) is 5. The van der Waals surface area contributed by atoms with E-state index in [9.17, 15) is 14.4 Å². The monoisotopic (exact) mass is 524 g/mol. The molecule has 0 fully saturated rings. The molecule has 5 rings (SSSR count). The van der Waals surface area contributed by atoms with E-state index in [0.29, 0.717) is 61.7 Å². The number of fused-ring (bicyclic) bond motifs is 2. The molecule has 0 spiro atoms. The predicted molar refractivity (Wildman–Crippen MR) is 142 cm³/mol. The van der Waals surface area contributed by atoms with Gasteiger partial charge in [0.1, 0.15) is 5.69 Å². The van der Waals surface area contributed by atoms with E-state index in [1.54, 1.807) is 9.58 Å². The van der Waals surface area contributed by atoms with Crippen molar-refractivity contribution in [2.75, 3.05) is 26.7 Å². The number of carbonyl (C=O) groups excluding carboxylic acids is 3. The van der Waals surface area contributed by atoms with Crippen LogP contribution in [0.3, 0.4) is 0 Å². The molecule has 1 aromatic carbocycles. The molecule has 37 heavy (non-hydrogen) atoms. The van der Waals surface area contributed by atoms with Crippen molar-refractivity contribution in [3.63, 3.8) is 0 Å². The van der Waals surface area contributed by atoms with Gasteiger partial charge in [-0.2, -0.15) is 5.10 Å². The quantitative estimate of drug-likeness (QED) is 0.530. The van der Waals surface area contributed by atoms with E-state index in [1.165, 1.54) is 0 Å². The molecule has 1 atom stereocenters. The first-order valence-electron chi connectivity index (χ1n) is 12.9. The molecule has 0 saturated heterocycles. The molecule has 1 aliphatic carbocycles. The summed E-state index contributed by atoms with van der Waals surface area (Å²) in [6, 6.07) is 7.51. The average molecular weight is 525 g/mol. The molecule has 1 aliphatic heterocycles. The molecular formula is C27H33ClN6O3. The van der Waals surface area contributed by atoms with Gasteiger partial charge in [0.2, 0.25) is 5.91 Å². The minimum atomic E-state index is -0.206. The third kappa shape index (κ3) is 4.72. The fourth-order valence-corrected chi connectivity index (χ4v) is 6.00. The van der Waals surface area contributed by atoms with Gasteiger partial charge in [0.15, 0.2) is 5.69 Å². The normalized spacial score (nSPS) is 19.5. The van der Waals surface area contributed by atoms with Gasteiger partial charge in [0, 0.05) is 69.9 Å². The maximum atomic E-state index is 13.6. The van der Waals surface area contributed by atoms with Crippen LogP contribution in [-0.4, -0.2) is 74.6 Å². The highest BCUT2D eigenvalue weighted by atomic mass is 35.5. The van der Waals surface area contributed by atoms with Gasteiger partial charge in [-0.25, -0.2) is 0 Å². The average Bonchev–Trinajstić information content (AvgIpc) is 3.41. The smallest absolute Gasteiger partial charge is 0.272 e. The first-order valence-corrected chi connectivity index (χ1v) is 13.3. The Morgan fingerprint density at radius 2 is 1.89 bits per heavy atom. The Kier molecular flexibility index (Phi) is 6.98. The molecule has 1 N–H and O–H groups in total. The van der Waals surface area contributed by atoms with Gasteiger partial charge in [-0.05, 0) is 44.2 Å². The van der Waals surface area contributed by atoms with E-state index in [0.717, 1.165) is 35.0 Å². The summed E-state index contributed by atoms with van der Waals surface area (Å²) in [7, 11) is 5.55. The van der Waals surface area contributed by atoms with Gasteiger partial charge in [-0.1, -0.05) is 23.7 Å². The van der Waals surface area contributed by atoms with Crippen LogP contribution in [0.2, 0.25) is 5.02 Å². The Labute approximate surface area is 221 Å². The summed E-state index contributed by atoms with van der Waals surface area (Å²) in [6.07, 6.45) is 3.77. The van der Waals surface area contributed by atoms with Crippen molar-refractivity contribution in [3.05, 3.63) is 51.9 Å². The highest BCUT2D eigenvalue weighted by Crippen LogP contribution is 2.28. The number of likely N-dealkylation sites (N-methyl/N-ethyl adjacent to an activating group) is 1. The van der Waals surface area contributed by atoms with Crippen molar-refractivity contribution in [3.8, 4) is 0 Å². The molecule has 3 aromatic rings. The summed E-state index contributed by atoms with van der Waals surface area (Å²) in [5.41, 5.74) is 3.82. The van der Waals surface area contributed by atoms with Crippen LogP contribution in [0.15, 0.2) is 24.3 Å². The molecule has 0 saturated carbocycles. The van der Waals surface area contributed by atoms with Crippen molar-refractivity contribution >= 4 is 40.2 Å². The summed E-state index contributed by atoms with van der Waals surface area (Å²) in [6.45, 7) is 1.34. The lowest BCUT2D eigenvalue weighted by Crippen LogP contribution is -2.41. The molecule has 3 amide bonds. The maximum absolute atomic E-state index is 13.6. The van der Waals surface area contributed by atoms with Crippen molar-refractivity contribution in [2.45, 2.75) is 44.6 Å². The minimum absolute atomic E-state index is 0.0270. The fourth-order valence-electron chi connectivity index (χ4n) is 5.69. The molecule has 3 heterocycles. The van der Waals surface area contributed by atoms with Crippen LogP contribution in [0.4, 0.5) is 0 Å². The number of aromatic nitrogens is 3. The van der Waals surface area contributed by atoms with Crippen molar-refractivity contribution in [1.82, 2.24) is 29.5 Å². The Hall–Kier alpha value is -3.33. The van der Waals surface area contributed by atoms with E-state index in [4.69, 9.17) is 11.6 Å². The SMILES string of the molecule is CN1C(=O)CCCN(C(=O)c2cc3cccc(Cl)c3n2C)CCCNC(=O)c2nn(C)c3c2CC1CC3. The Morgan fingerprint density at radius 3 is 2.68 bits per heavy atom. The van der Waals surface area contributed by atoms with Gasteiger partial charge in [0.05, 0.1) is 10.5 Å². The van der Waals surface area contributed by atoms with Crippen molar-refractivity contribution in [1.29, 1.82) is 0 Å². The zero-order chi connectivity index (χ0) is 26.3. The lowest BCUT2D eigenvalue weighted by molar-refractivity contribution is -0.132. The number of hydrogen-bond donors (Lipinski definition) is 1. The van der Waals surface area contributed by atoms with Gasteiger partial charge < -0.3 is 19.7 Å².